The summed E-state index contributed by atoms with van der Waals surface area (Å²) in [5, 5.41) is 5.17. The fourth-order valence-corrected chi connectivity index (χ4v) is 4.54. The summed E-state index contributed by atoms with van der Waals surface area (Å²) in [6.07, 6.45) is 8.44. The van der Waals surface area contributed by atoms with E-state index in [9.17, 15) is 0 Å². The van der Waals surface area contributed by atoms with Gasteiger partial charge in [-0.05, 0) is 55.7 Å². The molecule has 1 aliphatic rings. The number of fused-ring (bicyclic) bond motifs is 3. The van der Waals surface area contributed by atoms with Crippen molar-refractivity contribution in [3.63, 3.8) is 0 Å². The lowest BCUT2D eigenvalue weighted by molar-refractivity contribution is 0.319. The first kappa shape index (κ1) is 15.1. The predicted molar refractivity (Wildman–Crippen MR) is 108 cm³/mol. The maximum Gasteiger partial charge on any atom is 0.120 e. The Morgan fingerprint density at radius 1 is 0.840 bits per heavy atom. The van der Waals surface area contributed by atoms with Crippen molar-refractivity contribution in [2.24, 2.45) is 0 Å². The Morgan fingerprint density at radius 2 is 1.64 bits per heavy atom. The minimum Gasteiger partial charge on any atom is -0.332 e. The molecule has 25 heavy (non-hydrogen) atoms. The van der Waals surface area contributed by atoms with Crippen LogP contribution in [0.2, 0.25) is 0 Å². The van der Waals surface area contributed by atoms with Crippen LogP contribution in [0.15, 0.2) is 71.5 Å². The van der Waals surface area contributed by atoms with Crippen LogP contribution in [0.1, 0.15) is 25.4 Å². The zero-order valence-corrected chi connectivity index (χ0v) is 15.6. The Labute approximate surface area is 155 Å². The van der Waals surface area contributed by atoms with Crippen LogP contribution >= 0.6 is 15.9 Å². The molecule has 4 heteroatoms. The Hall–Kier alpha value is -2.20. The fraction of sp³-hybridized carbons (Fsp3) is 0.238. The SMILES string of the molecule is Brc1ccc2c(c1)c1ccccc1n2N1CCCCC1n1cccc1. The van der Waals surface area contributed by atoms with E-state index in [0.29, 0.717) is 6.17 Å². The molecule has 1 atom stereocenters. The number of hydrogen-bond donors (Lipinski definition) is 0. The average molecular weight is 394 g/mol. The van der Waals surface area contributed by atoms with Gasteiger partial charge in [0.05, 0.1) is 11.0 Å². The van der Waals surface area contributed by atoms with Gasteiger partial charge in [-0.2, -0.15) is 0 Å². The predicted octanol–water partition coefficient (Wildman–Crippen LogP) is 5.68. The van der Waals surface area contributed by atoms with Crippen molar-refractivity contribution >= 4 is 37.7 Å². The van der Waals surface area contributed by atoms with Gasteiger partial charge >= 0.3 is 0 Å². The second-order valence-electron chi connectivity index (χ2n) is 6.76. The van der Waals surface area contributed by atoms with Crippen LogP contribution in [-0.4, -0.2) is 15.8 Å². The van der Waals surface area contributed by atoms with Gasteiger partial charge in [0, 0.05) is 34.2 Å². The number of benzene rings is 2. The summed E-state index contributed by atoms with van der Waals surface area (Å²) in [7, 11) is 0. The van der Waals surface area contributed by atoms with Gasteiger partial charge in [-0.25, -0.2) is 0 Å². The number of aromatic nitrogens is 2. The zero-order valence-electron chi connectivity index (χ0n) is 14.0. The van der Waals surface area contributed by atoms with E-state index < -0.39 is 0 Å². The molecule has 126 valence electrons. The third-order valence-corrected chi connectivity index (χ3v) is 5.77. The van der Waals surface area contributed by atoms with Gasteiger partial charge in [-0.3, -0.25) is 9.69 Å². The van der Waals surface area contributed by atoms with E-state index in [-0.39, 0.29) is 0 Å². The molecule has 0 radical (unpaired) electrons. The molecular weight excluding hydrogens is 374 g/mol. The first-order chi connectivity index (χ1) is 12.3. The Bertz CT molecular complexity index is 1030. The molecule has 2 aromatic heterocycles. The number of piperidine rings is 1. The van der Waals surface area contributed by atoms with Crippen LogP contribution in [0, 0.1) is 0 Å². The van der Waals surface area contributed by atoms with Crippen molar-refractivity contribution in [1.82, 2.24) is 9.24 Å². The highest BCUT2D eigenvalue weighted by Crippen LogP contribution is 2.35. The highest BCUT2D eigenvalue weighted by atomic mass is 79.9. The number of para-hydroxylation sites is 1. The normalized spacial score (nSPS) is 18.3. The van der Waals surface area contributed by atoms with Gasteiger partial charge in [-0.1, -0.05) is 34.1 Å². The summed E-state index contributed by atoms with van der Waals surface area (Å²) in [4.78, 5) is 0. The number of hydrogen-bond acceptors (Lipinski definition) is 1. The smallest absolute Gasteiger partial charge is 0.120 e. The Kier molecular flexibility index (Phi) is 3.59. The van der Waals surface area contributed by atoms with Crippen molar-refractivity contribution in [2.45, 2.75) is 25.4 Å². The quantitative estimate of drug-likeness (QED) is 0.426. The second-order valence-corrected chi connectivity index (χ2v) is 7.68. The summed E-state index contributed by atoms with van der Waals surface area (Å²) in [5.74, 6) is 0. The van der Waals surface area contributed by atoms with Crippen molar-refractivity contribution in [2.75, 3.05) is 11.6 Å². The molecule has 0 spiro atoms. The lowest BCUT2D eigenvalue weighted by Gasteiger charge is -2.39. The summed E-state index contributed by atoms with van der Waals surface area (Å²) < 4.78 is 5.92. The fourth-order valence-electron chi connectivity index (χ4n) is 4.18. The molecule has 1 unspecified atom stereocenters. The minimum atomic E-state index is 0.367. The van der Waals surface area contributed by atoms with Gasteiger partial charge in [0.2, 0.25) is 0 Å². The van der Waals surface area contributed by atoms with Crippen molar-refractivity contribution < 1.29 is 0 Å². The van der Waals surface area contributed by atoms with E-state index in [1.165, 1.54) is 41.1 Å². The van der Waals surface area contributed by atoms with Crippen LogP contribution in [0.25, 0.3) is 21.8 Å². The number of rotatable bonds is 2. The Morgan fingerprint density at radius 3 is 2.52 bits per heavy atom. The molecular formula is C21H20BrN3. The minimum absolute atomic E-state index is 0.367. The standard InChI is InChI=1S/C21H20BrN3/c22-16-10-11-20-18(15-16)17-7-1-2-8-19(17)25(20)24-14-4-3-9-21(24)23-12-5-6-13-23/h1-2,5-8,10-13,15,21H,3-4,9,14H2. The zero-order chi connectivity index (χ0) is 16.8. The molecule has 2 aromatic carbocycles. The molecule has 1 aliphatic heterocycles. The third kappa shape index (κ3) is 2.39. The second kappa shape index (κ2) is 5.95. The third-order valence-electron chi connectivity index (χ3n) is 5.28. The van der Waals surface area contributed by atoms with Crippen molar-refractivity contribution in [3.8, 4) is 0 Å². The number of nitrogens with zero attached hydrogens (tertiary/aromatic N) is 3. The van der Waals surface area contributed by atoms with Gasteiger partial charge in [0.15, 0.2) is 0 Å². The highest BCUT2D eigenvalue weighted by Gasteiger charge is 2.26. The van der Waals surface area contributed by atoms with Gasteiger partial charge in [0.1, 0.15) is 6.17 Å². The molecule has 0 saturated carbocycles. The van der Waals surface area contributed by atoms with Crippen LogP contribution in [0.4, 0.5) is 0 Å². The molecule has 0 amide bonds. The van der Waals surface area contributed by atoms with E-state index in [0.717, 1.165) is 11.0 Å². The molecule has 4 aromatic rings. The van der Waals surface area contributed by atoms with Gasteiger partial charge < -0.3 is 4.57 Å². The molecule has 1 fully saturated rings. The van der Waals surface area contributed by atoms with E-state index in [1.807, 2.05) is 0 Å². The summed E-state index contributed by atoms with van der Waals surface area (Å²) >= 11 is 3.64. The first-order valence-corrected chi connectivity index (χ1v) is 9.70. The monoisotopic (exact) mass is 393 g/mol. The maximum atomic E-state index is 3.64. The number of halogens is 1. The molecule has 3 heterocycles. The lowest BCUT2D eigenvalue weighted by Crippen LogP contribution is -2.43. The van der Waals surface area contributed by atoms with Crippen LogP contribution in [-0.2, 0) is 0 Å². The van der Waals surface area contributed by atoms with E-state index in [4.69, 9.17) is 0 Å². The van der Waals surface area contributed by atoms with Crippen molar-refractivity contribution in [1.29, 1.82) is 0 Å². The topological polar surface area (TPSA) is 13.1 Å². The molecule has 0 bridgehead atoms. The maximum absolute atomic E-state index is 3.64. The van der Waals surface area contributed by atoms with E-state index in [2.05, 4.69) is 97.2 Å². The van der Waals surface area contributed by atoms with Crippen LogP contribution in [0.3, 0.4) is 0 Å². The van der Waals surface area contributed by atoms with Gasteiger partial charge in [-0.15, -0.1) is 0 Å². The molecule has 1 saturated heterocycles. The van der Waals surface area contributed by atoms with Crippen molar-refractivity contribution in [3.05, 3.63) is 71.5 Å². The first-order valence-electron chi connectivity index (χ1n) is 8.91. The molecule has 3 nitrogen and oxygen atoms in total. The molecule has 0 aliphatic carbocycles. The van der Waals surface area contributed by atoms with Crippen LogP contribution in [0.5, 0.6) is 0 Å². The Balaban J connectivity index is 1.78. The molecule has 0 N–H and O–H groups in total. The van der Waals surface area contributed by atoms with Crippen LogP contribution < -0.4 is 5.01 Å². The van der Waals surface area contributed by atoms with E-state index in [1.54, 1.807) is 0 Å². The lowest BCUT2D eigenvalue weighted by atomic mass is 10.1. The largest absolute Gasteiger partial charge is 0.332 e. The highest BCUT2D eigenvalue weighted by molar-refractivity contribution is 9.10. The molecule has 5 rings (SSSR count). The van der Waals surface area contributed by atoms with Gasteiger partial charge in [0.25, 0.3) is 0 Å². The van der Waals surface area contributed by atoms with E-state index >= 15 is 0 Å². The average Bonchev–Trinajstić information content (AvgIpc) is 3.28. The summed E-state index contributed by atoms with van der Waals surface area (Å²) in [6, 6.07) is 19.6. The summed E-state index contributed by atoms with van der Waals surface area (Å²) in [6.45, 7) is 1.08. The summed E-state index contributed by atoms with van der Waals surface area (Å²) in [5.41, 5.74) is 2.57.